The van der Waals surface area contributed by atoms with E-state index in [1.807, 2.05) is 17.8 Å². The molecule has 2 aromatic rings. The number of pyridine rings is 1. The maximum Gasteiger partial charge on any atom is 0.217 e. The molecule has 3 nitrogen and oxygen atoms in total. The van der Waals surface area contributed by atoms with Crippen LogP contribution in [0.5, 0.6) is 5.88 Å². The molecule has 1 aromatic heterocycles. The van der Waals surface area contributed by atoms with Crippen LogP contribution in [-0.2, 0) is 12.3 Å². The third-order valence-corrected chi connectivity index (χ3v) is 4.55. The van der Waals surface area contributed by atoms with E-state index in [9.17, 15) is 0 Å². The molecule has 0 unspecified atom stereocenters. The molecular formula is C17H20N2OS. The lowest BCUT2D eigenvalue weighted by Crippen LogP contribution is -2.15. The van der Waals surface area contributed by atoms with Crippen molar-refractivity contribution < 1.29 is 4.74 Å². The molecule has 1 fully saturated rings. The first kappa shape index (κ1) is 14.4. The minimum absolute atomic E-state index is 0.719. The minimum Gasteiger partial charge on any atom is -0.481 e. The molecule has 0 radical (unpaired) electrons. The summed E-state index contributed by atoms with van der Waals surface area (Å²) in [6.07, 6.45) is 4.42. The molecule has 1 N–H and O–H groups in total. The molecule has 4 heteroatoms. The maximum atomic E-state index is 5.29. The van der Waals surface area contributed by atoms with Gasteiger partial charge in [0.2, 0.25) is 5.88 Å². The maximum absolute atomic E-state index is 5.29. The second kappa shape index (κ2) is 6.96. The van der Waals surface area contributed by atoms with Gasteiger partial charge in [0, 0.05) is 35.0 Å². The number of ether oxygens (including phenoxy) is 1. The van der Waals surface area contributed by atoms with Gasteiger partial charge in [0.15, 0.2) is 0 Å². The summed E-state index contributed by atoms with van der Waals surface area (Å²) in [6.45, 7) is 0.968. The summed E-state index contributed by atoms with van der Waals surface area (Å²) in [4.78, 5) is 5.53. The van der Waals surface area contributed by atoms with Gasteiger partial charge in [-0.1, -0.05) is 18.2 Å². The average molecular weight is 300 g/mol. The van der Waals surface area contributed by atoms with Crippen molar-refractivity contribution in [3.63, 3.8) is 0 Å². The molecule has 0 aliphatic heterocycles. The van der Waals surface area contributed by atoms with Gasteiger partial charge < -0.3 is 10.1 Å². The molecule has 0 spiro atoms. The van der Waals surface area contributed by atoms with Crippen molar-refractivity contribution in [3.05, 3.63) is 53.7 Å². The largest absolute Gasteiger partial charge is 0.481 e. The lowest BCUT2D eigenvalue weighted by atomic mass is 10.2. The lowest BCUT2D eigenvalue weighted by molar-refractivity contribution is 0.394. The fourth-order valence-electron chi connectivity index (χ4n) is 2.17. The summed E-state index contributed by atoms with van der Waals surface area (Å²) >= 11 is 1.82. The Morgan fingerprint density at radius 1 is 1.29 bits per heavy atom. The van der Waals surface area contributed by atoms with E-state index in [1.54, 1.807) is 13.3 Å². The van der Waals surface area contributed by atoms with Gasteiger partial charge in [0.05, 0.1) is 7.11 Å². The van der Waals surface area contributed by atoms with Crippen molar-refractivity contribution in [2.75, 3.05) is 7.11 Å². The number of methoxy groups -OCH3 is 1. The fourth-order valence-corrected chi connectivity index (χ4v) is 3.13. The van der Waals surface area contributed by atoms with Crippen LogP contribution in [0, 0.1) is 0 Å². The van der Waals surface area contributed by atoms with Crippen molar-refractivity contribution in [3.8, 4) is 5.88 Å². The first-order chi connectivity index (χ1) is 10.3. The lowest BCUT2D eigenvalue weighted by Gasteiger charge is -2.08. The molecular weight excluding hydrogens is 280 g/mol. The Bertz CT molecular complexity index is 599. The predicted octanol–water partition coefficient (Wildman–Crippen LogP) is 3.63. The molecule has 3 rings (SSSR count). The third kappa shape index (κ3) is 4.22. The molecule has 0 bridgehead atoms. The number of nitrogens with zero attached hydrogens (tertiary/aromatic N) is 1. The van der Waals surface area contributed by atoms with Crippen LogP contribution in [0.2, 0.25) is 0 Å². The number of nitrogens with one attached hydrogen (secondary N) is 1. The van der Waals surface area contributed by atoms with Crippen LogP contribution in [0.25, 0.3) is 0 Å². The van der Waals surface area contributed by atoms with Gasteiger partial charge in [-0.15, -0.1) is 11.8 Å². The first-order valence-electron chi connectivity index (χ1n) is 7.28. The number of aromatic nitrogens is 1. The Morgan fingerprint density at radius 3 is 3.00 bits per heavy atom. The first-order valence-corrected chi connectivity index (χ1v) is 8.27. The molecule has 21 heavy (non-hydrogen) atoms. The van der Waals surface area contributed by atoms with E-state index < -0.39 is 0 Å². The molecule has 1 aliphatic rings. The molecule has 1 aromatic carbocycles. The summed E-state index contributed by atoms with van der Waals surface area (Å²) in [5.74, 6) is 1.59. The third-order valence-electron chi connectivity index (χ3n) is 3.51. The van der Waals surface area contributed by atoms with E-state index in [4.69, 9.17) is 4.74 Å². The van der Waals surface area contributed by atoms with Crippen molar-refractivity contribution in [2.45, 2.75) is 36.1 Å². The van der Waals surface area contributed by atoms with Gasteiger partial charge in [0.25, 0.3) is 0 Å². The highest BCUT2D eigenvalue weighted by Crippen LogP contribution is 2.27. The van der Waals surface area contributed by atoms with Crippen LogP contribution in [0.3, 0.4) is 0 Å². The molecule has 1 heterocycles. The highest BCUT2D eigenvalue weighted by atomic mass is 32.2. The Hall–Kier alpha value is -1.52. The molecule has 0 saturated heterocycles. The van der Waals surface area contributed by atoms with Crippen molar-refractivity contribution in [2.24, 2.45) is 0 Å². The van der Waals surface area contributed by atoms with Gasteiger partial charge in [0.1, 0.15) is 0 Å². The zero-order valence-corrected chi connectivity index (χ0v) is 13.0. The molecule has 1 aliphatic carbocycles. The number of thioether (sulfide) groups is 1. The van der Waals surface area contributed by atoms with Crippen LogP contribution in [0.15, 0.2) is 47.5 Å². The zero-order chi connectivity index (χ0) is 14.5. The summed E-state index contributed by atoms with van der Waals surface area (Å²) in [7, 11) is 1.67. The number of hydrogen-bond donors (Lipinski definition) is 1. The van der Waals surface area contributed by atoms with Crippen molar-refractivity contribution in [1.82, 2.24) is 10.3 Å². The van der Waals surface area contributed by atoms with Crippen LogP contribution in [-0.4, -0.2) is 18.1 Å². The topological polar surface area (TPSA) is 34.1 Å². The van der Waals surface area contributed by atoms with E-state index in [0.29, 0.717) is 0 Å². The van der Waals surface area contributed by atoms with Crippen molar-refractivity contribution >= 4 is 11.8 Å². The SMILES string of the molecule is COc1ncccc1CSc1cccc(CNC2CC2)c1. The monoisotopic (exact) mass is 300 g/mol. The second-order valence-electron chi connectivity index (χ2n) is 5.26. The average Bonchev–Trinajstić information content (AvgIpc) is 3.36. The second-order valence-corrected chi connectivity index (χ2v) is 6.31. The van der Waals surface area contributed by atoms with Gasteiger partial charge in [-0.2, -0.15) is 0 Å². The zero-order valence-electron chi connectivity index (χ0n) is 12.2. The van der Waals surface area contributed by atoms with Crippen LogP contribution in [0.4, 0.5) is 0 Å². The van der Waals surface area contributed by atoms with Crippen molar-refractivity contribution in [1.29, 1.82) is 0 Å². The molecule has 1 saturated carbocycles. The highest BCUT2D eigenvalue weighted by molar-refractivity contribution is 7.98. The number of rotatable bonds is 7. The predicted molar refractivity (Wildman–Crippen MR) is 86.7 cm³/mol. The van der Waals surface area contributed by atoms with E-state index in [2.05, 4.69) is 40.6 Å². The van der Waals surface area contributed by atoms with Gasteiger partial charge in [-0.25, -0.2) is 4.98 Å². The highest BCUT2D eigenvalue weighted by Gasteiger charge is 2.19. The van der Waals surface area contributed by atoms with Gasteiger partial charge >= 0.3 is 0 Å². The van der Waals surface area contributed by atoms with Crippen LogP contribution < -0.4 is 10.1 Å². The van der Waals surface area contributed by atoms with Gasteiger partial charge in [-0.05, 0) is 36.6 Å². The summed E-state index contributed by atoms with van der Waals surface area (Å²) in [5, 5.41) is 3.55. The van der Waals surface area contributed by atoms with Gasteiger partial charge in [-0.3, -0.25) is 0 Å². The standard InChI is InChI=1S/C17H20N2OS/c1-20-17-14(5-3-9-18-17)12-21-16-6-2-4-13(10-16)11-19-15-7-8-15/h2-6,9-10,15,19H,7-8,11-12H2,1H3. The Kier molecular flexibility index (Phi) is 4.78. The quantitative estimate of drug-likeness (QED) is 0.792. The summed E-state index contributed by atoms with van der Waals surface area (Å²) in [5.41, 5.74) is 2.48. The van der Waals surface area contributed by atoms with E-state index in [1.165, 1.54) is 23.3 Å². The minimum atomic E-state index is 0.719. The Balaban J connectivity index is 1.60. The van der Waals surface area contributed by atoms with E-state index >= 15 is 0 Å². The number of hydrogen-bond acceptors (Lipinski definition) is 4. The van der Waals surface area contributed by atoms with E-state index in [0.717, 1.165) is 29.8 Å². The van der Waals surface area contributed by atoms with Crippen LogP contribution in [0.1, 0.15) is 24.0 Å². The summed E-state index contributed by atoms with van der Waals surface area (Å²) in [6, 6.07) is 13.5. The molecule has 0 atom stereocenters. The molecule has 110 valence electrons. The Morgan fingerprint density at radius 2 is 2.19 bits per heavy atom. The van der Waals surface area contributed by atoms with E-state index in [-0.39, 0.29) is 0 Å². The normalized spacial score (nSPS) is 14.1. The Labute approximate surface area is 130 Å². The fraction of sp³-hybridized carbons (Fsp3) is 0.353. The van der Waals surface area contributed by atoms with Crippen LogP contribution >= 0.6 is 11.8 Å². The smallest absolute Gasteiger partial charge is 0.217 e. The summed E-state index contributed by atoms with van der Waals surface area (Å²) < 4.78 is 5.29. The number of benzene rings is 1. The molecule has 0 amide bonds.